The number of hydrazone groups is 1. The van der Waals surface area contributed by atoms with Crippen LogP contribution in [0.4, 0.5) is 0 Å². The maximum atomic E-state index is 6.37. The lowest BCUT2D eigenvalue weighted by Crippen LogP contribution is -2.40. The molecule has 0 unspecified atom stereocenters. The van der Waals surface area contributed by atoms with Gasteiger partial charge in [-0.1, -0.05) is 31.1 Å². The zero-order valence-corrected chi connectivity index (χ0v) is 13.2. The predicted molar refractivity (Wildman–Crippen MR) is 88.2 cm³/mol. The van der Waals surface area contributed by atoms with Crippen LogP contribution in [0.15, 0.2) is 17.2 Å². The number of hydrogen-bond donors (Lipinski definition) is 2. The van der Waals surface area contributed by atoms with Crippen LogP contribution in [0.1, 0.15) is 43.2 Å². The van der Waals surface area contributed by atoms with E-state index in [1.54, 1.807) is 26.5 Å². The van der Waals surface area contributed by atoms with E-state index in [0.29, 0.717) is 11.5 Å². The smallest absolute Gasteiger partial charge is 0.176 e. The predicted octanol–water partition coefficient (Wildman–Crippen LogP) is 2.01. The fourth-order valence-electron chi connectivity index (χ4n) is 2.74. The lowest BCUT2D eigenvalue weighted by molar-refractivity contribution is 0.354. The van der Waals surface area contributed by atoms with E-state index in [1.165, 1.54) is 6.42 Å². The molecular formula is C17H23N3O2. The van der Waals surface area contributed by atoms with E-state index in [4.69, 9.17) is 21.1 Å². The topological polar surface area (TPSA) is 82.9 Å². The summed E-state index contributed by atoms with van der Waals surface area (Å²) in [5.41, 5.74) is 7.50. The monoisotopic (exact) mass is 301 g/mol. The summed E-state index contributed by atoms with van der Waals surface area (Å²) in [6.07, 6.45) is 6.91. The highest BCUT2D eigenvalue weighted by molar-refractivity contribution is 5.82. The number of nitrogens with two attached hydrogens (primary N) is 2. The van der Waals surface area contributed by atoms with Crippen molar-refractivity contribution in [3.8, 4) is 23.3 Å². The summed E-state index contributed by atoms with van der Waals surface area (Å²) < 4.78 is 10.8. The van der Waals surface area contributed by atoms with Gasteiger partial charge in [-0.15, -0.1) is 0 Å². The van der Waals surface area contributed by atoms with Crippen molar-refractivity contribution in [3.63, 3.8) is 0 Å². The van der Waals surface area contributed by atoms with Crippen LogP contribution in [0.5, 0.6) is 11.5 Å². The number of methoxy groups -OCH3 is 2. The van der Waals surface area contributed by atoms with E-state index in [-0.39, 0.29) is 0 Å². The third-order valence-corrected chi connectivity index (χ3v) is 3.92. The van der Waals surface area contributed by atoms with Gasteiger partial charge in [0.1, 0.15) is 0 Å². The molecule has 0 aromatic heterocycles. The van der Waals surface area contributed by atoms with Crippen LogP contribution >= 0.6 is 0 Å². The minimum Gasteiger partial charge on any atom is -0.493 e. The molecule has 1 fully saturated rings. The first-order valence-corrected chi connectivity index (χ1v) is 7.43. The zero-order valence-electron chi connectivity index (χ0n) is 13.2. The molecule has 118 valence electrons. The fourth-order valence-corrected chi connectivity index (χ4v) is 2.74. The Hall–Kier alpha value is -2.19. The normalized spacial score (nSPS) is 16.9. The summed E-state index contributed by atoms with van der Waals surface area (Å²) in [5, 5.41) is 3.55. The summed E-state index contributed by atoms with van der Waals surface area (Å²) in [4.78, 5) is 0. The van der Waals surface area contributed by atoms with E-state index in [2.05, 4.69) is 16.9 Å². The Kier molecular flexibility index (Phi) is 5.29. The molecule has 5 heteroatoms. The SMILES string of the molecule is COc1cc(C=NN)cc(C#CC2(N)CCCCC2)c1OC. The molecule has 0 saturated heterocycles. The number of hydrogen-bond acceptors (Lipinski definition) is 5. The molecule has 0 aliphatic heterocycles. The maximum Gasteiger partial charge on any atom is 0.176 e. The van der Waals surface area contributed by atoms with E-state index in [1.807, 2.05) is 6.07 Å². The minimum atomic E-state index is -0.408. The molecule has 22 heavy (non-hydrogen) atoms. The molecule has 1 aliphatic carbocycles. The minimum absolute atomic E-state index is 0.408. The zero-order chi connectivity index (χ0) is 16.0. The van der Waals surface area contributed by atoms with Crippen molar-refractivity contribution in [2.75, 3.05) is 14.2 Å². The summed E-state index contributed by atoms with van der Waals surface area (Å²) in [6.45, 7) is 0. The van der Waals surface area contributed by atoms with E-state index >= 15 is 0 Å². The third kappa shape index (κ3) is 3.71. The highest BCUT2D eigenvalue weighted by atomic mass is 16.5. The third-order valence-electron chi connectivity index (χ3n) is 3.92. The summed E-state index contributed by atoms with van der Waals surface area (Å²) in [5.74, 6) is 12.8. The molecule has 1 aromatic rings. The van der Waals surface area contributed by atoms with Crippen LogP contribution in [0.2, 0.25) is 0 Å². The van der Waals surface area contributed by atoms with Crippen LogP contribution in [0.25, 0.3) is 0 Å². The molecule has 2 rings (SSSR count). The van der Waals surface area contributed by atoms with Crippen LogP contribution in [0.3, 0.4) is 0 Å². The molecule has 0 heterocycles. The Morgan fingerprint density at radius 3 is 2.50 bits per heavy atom. The number of ether oxygens (including phenoxy) is 2. The lowest BCUT2D eigenvalue weighted by atomic mass is 9.83. The van der Waals surface area contributed by atoms with Gasteiger partial charge in [-0.3, -0.25) is 0 Å². The highest BCUT2D eigenvalue weighted by Gasteiger charge is 2.25. The van der Waals surface area contributed by atoms with Crippen molar-refractivity contribution < 1.29 is 9.47 Å². The first kappa shape index (κ1) is 16.2. The van der Waals surface area contributed by atoms with Gasteiger partial charge in [0.2, 0.25) is 0 Å². The fraction of sp³-hybridized carbons (Fsp3) is 0.471. The summed E-state index contributed by atoms with van der Waals surface area (Å²) >= 11 is 0. The molecule has 1 aromatic carbocycles. The van der Waals surface area contributed by atoms with Crippen molar-refractivity contribution >= 4 is 6.21 Å². The largest absolute Gasteiger partial charge is 0.493 e. The van der Waals surface area contributed by atoms with Crippen LogP contribution in [-0.4, -0.2) is 26.0 Å². The van der Waals surface area contributed by atoms with Crippen molar-refractivity contribution in [1.29, 1.82) is 0 Å². The Balaban J connectivity index is 2.42. The molecule has 1 aliphatic rings. The van der Waals surface area contributed by atoms with Crippen molar-refractivity contribution in [3.05, 3.63) is 23.3 Å². The van der Waals surface area contributed by atoms with Crippen LogP contribution < -0.4 is 21.1 Å². The molecule has 0 radical (unpaired) electrons. The molecule has 0 bridgehead atoms. The van der Waals surface area contributed by atoms with Crippen molar-refractivity contribution in [2.45, 2.75) is 37.6 Å². The van der Waals surface area contributed by atoms with Crippen molar-refractivity contribution in [1.82, 2.24) is 0 Å². The van der Waals surface area contributed by atoms with E-state index < -0.39 is 5.54 Å². The molecular weight excluding hydrogens is 278 g/mol. The lowest BCUT2D eigenvalue weighted by Gasteiger charge is -2.27. The Morgan fingerprint density at radius 1 is 1.18 bits per heavy atom. The quantitative estimate of drug-likeness (QED) is 0.387. The van der Waals surface area contributed by atoms with E-state index in [9.17, 15) is 0 Å². The molecule has 5 nitrogen and oxygen atoms in total. The molecule has 4 N–H and O–H groups in total. The van der Waals surface area contributed by atoms with Gasteiger partial charge in [-0.05, 0) is 30.5 Å². The van der Waals surface area contributed by atoms with Crippen molar-refractivity contribution in [2.24, 2.45) is 16.7 Å². The highest BCUT2D eigenvalue weighted by Crippen LogP contribution is 2.32. The molecule has 0 amide bonds. The number of rotatable bonds is 3. The second kappa shape index (κ2) is 7.19. The Morgan fingerprint density at radius 2 is 1.91 bits per heavy atom. The average Bonchev–Trinajstić information content (AvgIpc) is 2.53. The number of benzene rings is 1. The molecule has 0 spiro atoms. The van der Waals surface area contributed by atoms with Gasteiger partial charge < -0.3 is 21.1 Å². The second-order valence-electron chi connectivity index (χ2n) is 5.55. The Bertz CT molecular complexity index is 608. The second-order valence-corrected chi connectivity index (χ2v) is 5.55. The van der Waals surface area contributed by atoms with Gasteiger partial charge in [0.15, 0.2) is 11.5 Å². The van der Waals surface area contributed by atoms with Crippen LogP contribution in [-0.2, 0) is 0 Å². The first-order chi connectivity index (χ1) is 10.6. The van der Waals surface area contributed by atoms with Gasteiger partial charge in [-0.2, -0.15) is 5.10 Å². The van der Waals surface area contributed by atoms with Gasteiger partial charge in [0.25, 0.3) is 0 Å². The average molecular weight is 301 g/mol. The van der Waals surface area contributed by atoms with Crippen LogP contribution in [0, 0.1) is 11.8 Å². The van der Waals surface area contributed by atoms with Gasteiger partial charge in [0.05, 0.1) is 31.5 Å². The molecule has 0 atom stereocenters. The van der Waals surface area contributed by atoms with E-state index in [0.717, 1.165) is 36.8 Å². The number of nitrogens with zero attached hydrogens (tertiary/aromatic N) is 1. The first-order valence-electron chi connectivity index (χ1n) is 7.43. The summed E-state index contributed by atoms with van der Waals surface area (Å²) in [7, 11) is 3.18. The Labute approximate surface area is 131 Å². The maximum absolute atomic E-state index is 6.37. The van der Waals surface area contributed by atoms with Gasteiger partial charge >= 0.3 is 0 Å². The van der Waals surface area contributed by atoms with Gasteiger partial charge in [-0.25, -0.2) is 0 Å². The standard InChI is InChI=1S/C17H23N3O2/c1-21-15-11-13(12-20-19)10-14(16(15)22-2)6-9-17(18)7-4-3-5-8-17/h10-12H,3-5,7-8,18-19H2,1-2H3. The summed E-state index contributed by atoms with van der Waals surface area (Å²) in [6, 6.07) is 3.68. The van der Waals surface area contributed by atoms with Gasteiger partial charge in [0, 0.05) is 0 Å². The molecule has 1 saturated carbocycles.